The zero-order valence-electron chi connectivity index (χ0n) is 11.1. The predicted octanol–water partition coefficient (Wildman–Crippen LogP) is 4.12. The Morgan fingerprint density at radius 3 is 2.37 bits per heavy atom. The van der Waals surface area contributed by atoms with Crippen molar-refractivity contribution in [3.8, 4) is 11.1 Å². The van der Waals surface area contributed by atoms with Gasteiger partial charge in [-0.05, 0) is 60.7 Å². The molecule has 2 aromatic rings. The van der Waals surface area contributed by atoms with E-state index in [2.05, 4.69) is 0 Å². The van der Waals surface area contributed by atoms with Gasteiger partial charge in [0.2, 0.25) is 0 Å². The molecule has 0 radical (unpaired) electrons. The quantitative estimate of drug-likeness (QED) is 0.879. The molecule has 0 saturated heterocycles. The normalized spacial score (nSPS) is 10.5. The lowest BCUT2D eigenvalue weighted by Crippen LogP contribution is -2.03. The minimum atomic E-state index is -1.04. The number of benzene rings is 2. The van der Waals surface area contributed by atoms with Gasteiger partial charge in [-0.2, -0.15) is 0 Å². The van der Waals surface area contributed by atoms with Crippen LogP contribution in [0, 0.1) is 26.6 Å². The second-order valence-electron chi connectivity index (χ2n) is 4.70. The van der Waals surface area contributed by atoms with E-state index in [4.69, 9.17) is 0 Å². The van der Waals surface area contributed by atoms with E-state index in [0.717, 1.165) is 16.7 Å². The molecule has 0 aliphatic rings. The summed E-state index contributed by atoms with van der Waals surface area (Å²) in [6, 6.07) is 8.30. The monoisotopic (exact) mass is 258 g/mol. The summed E-state index contributed by atoms with van der Waals surface area (Å²) >= 11 is 0. The molecule has 0 bridgehead atoms. The Morgan fingerprint density at radius 1 is 1.05 bits per heavy atom. The highest BCUT2D eigenvalue weighted by molar-refractivity contribution is 5.96. The lowest BCUT2D eigenvalue weighted by Gasteiger charge is -2.12. The summed E-state index contributed by atoms with van der Waals surface area (Å²) in [6.45, 7) is 5.42. The van der Waals surface area contributed by atoms with Crippen LogP contribution in [0.2, 0.25) is 0 Å². The number of hydrogen-bond acceptors (Lipinski definition) is 1. The third kappa shape index (κ3) is 2.36. The molecule has 0 unspecified atom stereocenters. The van der Waals surface area contributed by atoms with E-state index in [1.54, 1.807) is 6.92 Å². The topological polar surface area (TPSA) is 37.3 Å². The lowest BCUT2D eigenvalue weighted by atomic mass is 9.92. The standard InChI is InChI=1S/C16H15FO2/c1-9-5-4-6-12(11(9)3)13-8-15(17)10(2)7-14(13)16(18)19/h4-8H,1-3H3,(H,18,19). The number of aryl methyl sites for hydroxylation is 2. The van der Waals surface area contributed by atoms with Crippen molar-refractivity contribution in [3.63, 3.8) is 0 Å². The molecule has 2 nitrogen and oxygen atoms in total. The van der Waals surface area contributed by atoms with E-state index < -0.39 is 5.97 Å². The summed E-state index contributed by atoms with van der Waals surface area (Å²) in [5.41, 5.74) is 3.68. The highest BCUT2D eigenvalue weighted by Crippen LogP contribution is 2.30. The fraction of sp³-hybridized carbons (Fsp3) is 0.188. The highest BCUT2D eigenvalue weighted by atomic mass is 19.1. The number of carboxylic acids is 1. The summed E-state index contributed by atoms with van der Waals surface area (Å²) in [4.78, 5) is 11.3. The fourth-order valence-electron chi connectivity index (χ4n) is 2.12. The maximum atomic E-state index is 13.7. The maximum Gasteiger partial charge on any atom is 0.336 e. The smallest absolute Gasteiger partial charge is 0.336 e. The van der Waals surface area contributed by atoms with Crippen LogP contribution in [0.1, 0.15) is 27.0 Å². The Morgan fingerprint density at radius 2 is 1.74 bits per heavy atom. The third-order valence-electron chi connectivity index (χ3n) is 3.42. The summed E-state index contributed by atoms with van der Waals surface area (Å²) in [6.07, 6.45) is 0. The first-order valence-corrected chi connectivity index (χ1v) is 6.02. The molecule has 19 heavy (non-hydrogen) atoms. The third-order valence-corrected chi connectivity index (χ3v) is 3.42. The van der Waals surface area contributed by atoms with Crippen molar-refractivity contribution in [2.24, 2.45) is 0 Å². The van der Waals surface area contributed by atoms with Crippen LogP contribution in [0.5, 0.6) is 0 Å². The molecule has 0 aromatic heterocycles. The second-order valence-corrected chi connectivity index (χ2v) is 4.70. The van der Waals surface area contributed by atoms with Crippen molar-refractivity contribution < 1.29 is 14.3 Å². The van der Waals surface area contributed by atoms with Crippen LogP contribution in [0.15, 0.2) is 30.3 Å². The van der Waals surface area contributed by atoms with E-state index in [9.17, 15) is 14.3 Å². The SMILES string of the molecule is Cc1cc(C(=O)O)c(-c2cccc(C)c2C)cc1F. The molecule has 2 rings (SSSR count). The lowest BCUT2D eigenvalue weighted by molar-refractivity contribution is 0.0697. The maximum absolute atomic E-state index is 13.7. The van der Waals surface area contributed by atoms with Crippen molar-refractivity contribution in [1.29, 1.82) is 0 Å². The molecular weight excluding hydrogens is 243 g/mol. The molecular formula is C16H15FO2. The van der Waals surface area contributed by atoms with Gasteiger partial charge in [0.15, 0.2) is 0 Å². The Balaban J connectivity index is 2.77. The van der Waals surface area contributed by atoms with Gasteiger partial charge in [-0.15, -0.1) is 0 Å². The molecule has 2 aromatic carbocycles. The Labute approximate surface area is 111 Å². The van der Waals surface area contributed by atoms with E-state index in [1.807, 2.05) is 32.0 Å². The zero-order chi connectivity index (χ0) is 14.2. The number of aromatic carboxylic acids is 1. The fourth-order valence-corrected chi connectivity index (χ4v) is 2.12. The van der Waals surface area contributed by atoms with Crippen molar-refractivity contribution >= 4 is 5.97 Å². The summed E-state index contributed by atoms with van der Waals surface area (Å²) in [5, 5.41) is 9.28. The molecule has 0 heterocycles. The summed E-state index contributed by atoms with van der Waals surface area (Å²) in [7, 11) is 0. The van der Waals surface area contributed by atoms with Gasteiger partial charge in [-0.3, -0.25) is 0 Å². The minimum absolute atomic E-state index is 0.132. The van der Waals surface area contributed by atoms with Crippen molar-refractivity contribution in [3.05, 3.63) is 58.4 Å². The average Bonchev–Trinajstić information content (AvgIpc) is 2.35. The first kappa shape index (κ1) is 13.3. The van der Waals surface area contributed by atoms with Crippen LogP contribution in [0.25, 0.3) is 11.1 Å². The van der Waals surface area contributed by atoms with E-state index in [-0.39, 0.29) is 11.4 Å². The van der Waals surface area contributed by atoms with E-state index >= 15 is 0 Å². The number of carbonyl (C=O) groups is 1. The van der Waals surface area contributed by atoms with E-state index in [0.29, 0.717) is 11.1 Å². The molecule has 0 saturated carbocycles. The molecule has 0 fully saturated rings. The van der Waals surface area contributed by atoms with Crippen LogP contribution in [-0.4, -0.2) is 11.1 Å². The van der Waals surface area contributed by atoms with Gasteiger partial charge < -0.3 is 5.11 Å². The van der Waals surface area contributed by atoms with E-state index in [1.165, 1.54) is 12.1 Å². The number of hydrogen-bond donors (Lipinski definition) is 1. The van der Waals surface area contributed by atoms with Gasteiger partial charge >= 0.3 is 5.97 Å². The first-order chi connectivity index (χ1) is 8.91. The number of halogens is 1. The number of rotatable bonds is 2. The van der Waals surface area contributed by atoms with Gasteiger partial charge in [0.25, 0.3) is 0 Å². The van der Waals surface area contributed by atoms with Gasteiger partial charge in [0, 0.05) is 0 Å². The summed E-state index contributed by atoms with van der Waals surface area (Å²) < 4.78 is 13.7. The number of carboxylic acid groups (broad SMARTS) is 1. The molecule has 0 aliphatic heterocycles. The molecule has 98 valence electrons. The van der Waals surface area contributed by atoms with Crippen molar-refractivity contribution in [2.45, 2.75) is 20.8 Å². The summed E-state index contributed by atoms with van der Waals surface area (Å²) in [5.74, 6) is -1.43. The first-order valence-electron chi connectivity index (χ1n) is 6.02. The van der Waals surface area contributed by atoms with Crippen molar-refractivity contribution in [1.82, 2.24) is 0 Å². The molecule has 0 amide bonds. The molecule has 0 aliphatic carbocycles. The Bertz CT molecular complexity index is 660. The molecule has 0 spiro atoms. The predicted molar refractivity (Wildman–Crippen MR) is 73.0 cm³/mol. The molecule has 0 atom stereocenters. The van der Waals surface area contributed by atoms with Crippen molar-refractivity contribution in [2.75, 3.05) is 0 Å². The highest BCUT2D eigenvalue weighted by Gasteiger charge is 2.16. The average molecular weight is 258 g/mol. The van der Waals surface area contributed by atoms with Gasteiger partial charge in [0.05, 0.1) is 5.56 Å². The minimum Gasteiger partial charge on any atom is -0.478 e. The van der Waals surface area contributed by atoms with Gasteiger partial charge in [-0.1, -0.05) is 18.2 Å². The zero-order valence-corrected chi connectivity index (χ0v) is 11.1. The molecule has 3 heteroatoms. The van der Waals surface area contributed by atoms with Crippen LogP contribution in [0.3, 0.4) is 0 Å². The van der Waals surface area contributed by atoms with Crippen LogP contribution >= 0.6 is 0 Å². The molecule has 1 N–H and O–H groups in total. The van der Waals surface area contributed by atoms with Crippen LogP contribution in [-0.2, 0) is 0 Å². The Kier molecular flexibility index (Phi) is 3.38. The Hall–Kier alpha value is -2.16. The van der Waals surface area contributed by atoms with Crippen LogP contribution in [0.4, 0.5) is 4.39 Å². The largest absolute Gasteiger partial charge is 0.478 e. The van der Waals surface area contributed by atoms with Crippen LogP contribution < -0.4 is 0 Å². The second kappa shape index (κ2) is 4.84. The van der Waals surface area contributed by atoms with Gasteiger partial charge in [-0.25, -0.2) is 9.18 Å². The van der Waals surface area contributed by atoms with Gasteiger partial charge in [0.1, 0.15) is 5.82 Å².